The van der Waals surface area contributed by atoms with Gasteiger partial charge in [0.15, 0.2) is 5.82 Å². The molecular weight excluding hydrogens is 429 g/mol. The monoisotopic (exact) mass is 449 g/mol. The van der Waals surface area contributed by atoms with Crippen molar-refractivity contribution in [1.82, 2.24) is 15.0 Å². The maximum atomic E-state index is 6.63. The molecule has 158 valence electrons. The summed E-state index contributed by atoms with van der Waals surface area (Å²) in [7, 11) is 3.06. The number of ether oxygens (including phenoxy) is 3. The van der Waals surface area contributed by atoms with E-state index >= 15 is 0 Å². The third-order valence-electron chi connectivity index (χ3n) is 4.94. The fraction of sp³-hybridized carbons (Fsp3) is 0.350. The van der Waals surface area contributed by atoms with Crippen molar-refractivity contribution in [2.24, 2.45) is 0 Å². The third-order valence-corrected chi connectivity index (χ3v) is 5.69. The fourth-order valence-corrected chi connectivity index (χ4v) is 4.20. The molecule has 0 saturated carbocycles. The highest BCUT2D eigenvalue weighted by molar-refractivity contribution is 6.41. The lowest BCUT2D eigenvalue weighted by molar-refractivity contribution is 0.0530. The van der Waals surface area contributed by atoms with Crippen molar-refractivity contribution < 1.29 is 14.2 Å². The molecule has 4 rings (SSSR count). The highest BCUT2D eigenvalue weighted by atomic mass is 35.5. The SMILES string of the molecule is COc1cc(OC)c(Cl)c(-c2cc3cnc(N)nc3c(N3CCOC(C)C3)n2)c1Cl. The number of rotatable bonds is 4. The second kappa shape index (κ2) is 8.29. The van der Waals surface area contributed by atoms with Crippen LogP contribution in [-0.2, 0) is 4.74 Å². The summed E-state index contributed by atoms with van der Waals surface area (Å²) in [5.41, 5.74) is 7.57. The molecule has 0 radical (unpaired) electrons. The lowest BCUT2D eigenvalue weighted by Crippen LogP contribution is -2.41. The fourth-order valence-electron chi connectivity index (χ4n) is 3.51. The summed E-state index contributed by atoms with van der Waals surface area (Å²) in [5.74, 6) is 1.72. The lowest BCUT2D eigenvalue weighted by atomic mass is 10.1. The number of pyridine rings is 1. The van der Waals surface area contributed by atoms with Crippen LogP contribution in [0.15, 0.2) is 18.3 Å². The summed E-state index contributed by atoms with van der Waals surface area (Å²) in [6.45, 7) is 3.94. The van der Waals surface area contributed by atoms with Gasteiger partial charge in [0.1, 0.15) is 17.0 Å². The van der Waals surface area contributed by atoms with E-state index < -0.39 is 0 Å². The summed E-state index contributed by atoms with van der Waals surface area (Å²) >= 11 is 13.3. The number of benzene rings is 1. The minimum Gasteiger partial charge on any atom is -0.495 e. The van der Waals surface area contributed by atoms with E-state index in [2.05, 4.69) is 14.9 Å². The summed E-state index contributed by atoms with van der Waals surface area (Å²) in [5, 5.41) is 1.44. The zero-order valence-electron chi connectivity index (χ0n) is 16.8. The molecule has 0 aliphatic carbocycles. The van der Waals surface area contributed by atoms with Gasteiger partial charge in [-0.25, -0.2) is 15.0 Å². The van der Waals surface area contributed by atoms with Crippen molar-refractivity contribution in [3.8, 4) is 22.8 Å². The Kier molecular flexibility index (Phi) is 5.73. The molecule has 1 saturated heterocycles. The van der Waals surface area contributed by atoms with Gasteiger partial charge >= 0.3 is 0 Å². The maximum absolute atomic E-state index is 6.63. The van der Waals surface area contributed by atoms with Crippen molar-refractivity contribution in [3.05, 3.63) is 28.4 Å². The summed E-state index contributed by atoms with van der Waals surface area (Å²) in [6.07, 6.45) is 1.72. The lowest BCUT2D eigenvalue weighted by Gasteiger charge is -2.32. The Morgan fingerprint density at radius 2 is 1.83 bits per heavy atom. The maximum Gasteiger partial charge on any atom is 0.220 e. The summed E-state index contributed by atoms with van der Waals surface area (Å²) in [4.78, 5) is 15.6. The molecule has 0 amide bonds. The minimum atomic E-state index is 0.0579. The number of halogens is 2. The van der Waals surface area contributed by atoms with Crippen molar-refractivity contribution >= 4 is 45.9 Å². The van der Waals surface area contributed by atoms with Gasteiger partial charge in [0.05, 0.1) is 42.7 Å². The van der Waals surface area contributed by atoms with Crippen molar-refractivity contribution in [3.63, 3.8) is 0 Å². The van der Waals surface area contributed by atoms with Crippen LogP contribution in [0.4, 0.5) is 11.8 Å². The molecule has 8 nitrogen and oxygen atoms in total. The van der Waals surface area contributed by atoms with E-state index in [0.29, 0.717) is 63.8 Å². The van der Waals surface area contributed by atoms with Crippen LogP contribution in [0.25, 0.3) is 22.2 Å². The van der Waals surface area contributed by atoms with Crippen LogP contribution in [0.2, 0.25) is 10.0 Å². The standard InChI is InChI=1S/C20H21Cl2N5O3/c1-10-9-27(4-5-30-10)19-18-11(8-24-20(23)26-18)6-12(25-19)15-16(21)13(28-2)7-14(29-3)17(15)22/h6-8,10H,4-5,9H2,1-3H3,(H2,23,24,26). The first-order valence-corrected chi connectivity index (χ1v) is 10.1. The van der Waals surface area contributed by atoms with Crippen LogP contribution in [0.5, 0.6) is 11.5 Å². The van der Waals surface area contributed by atoms with Gasteiger partial charge in [-0.2, -0.15) is 0 Å². The quantitative estimate of drug-likeness (QED) is 0.641. The molecule has 10 heteroatoms. The van der Waals surface area contributed by atoms with Crippen LogP contribution >= 0.6 is 23.2 Å². The van der Waals surface area contributed by atoms with Crippen LogP contribution in [0.3, 0.4) is 0 Å². The van der Waals surface area contributed by atoms with E-state index in [4.69, 9.17) is 48.1 Å². The van der Waals surface area contributed by atoms with E-state index in [1.54, 1.807) is 12.3 Å². The largest absolute Gasteiger partial charge is 0.495 e. The molecule has 3 aromatic rings. The average molecular weight is 450 g/mol. The molecule has 3 heterocycles. The number of methoxy groups -OCH3 is 2. The van der Waals surface area contributed by atoms with Gasteiger partial charge in [-0.1, -0.05) is 23.2 Å². The molecule has 2 N–H and O–H groups in total. The van der Waals surface area contributed by atoms with Gasteiger partial charge in [-0.05, 0) is 13.0 Å². The number of fused-ring (bicyclic) bond motifs is 1. The van der Waals surface area contributed by atoms with Gasteiger partial charge < -0.3 is 24.8 Å². The Bertz CT molecular complexity index is 1080. The predicted molar refractivity (Wildman–Crippen MR) is 118 cm³/mol. The van der Waals surface area contributed by atoms with E-state index in [9.17, 15) is 0 Å². The van der Waals surface area contributed by atoms with Crippen LogP contribution in [-0.4, -0.2) is 55.0 Å². The molecule has 0 spiro atoms. The Balaban J connectivity index is 1.98. The van der Waals surface area contributed by atoms with Crippen molar-refractivity contribution in [1.29, 1.82) is 0 Å². The molecule has 30 heavy (non-hydrogen) atoms. The molecular formula is C20H21Cl2N5O3. The van der Waals surface area contributed by atoms with Gasteiger partial charge in [-0.3, -0.25) is 0 Å². The Morgan fingerprint density at radius 3 is 2.47 bits per heavy atom. The molecule has 1 unspecified atom stereocenters. The molecule has 1 aromatic carbocycles. The molecule has 1 aliphatic heterocycles. The molecule has 1 atom stereocenters. The second-order valence-corrected chi connectivity index (χ2v) is 7.66. The van der Waals surface area contributed by atoms with Gasteiger partial charge in [0, 0.05) is 36.3 Å². The van der Waals surface area contributed by atoms with Crippen LogP contribution in [0, 0.1) is 0 Å². The average Bonchev–Trinajstić information content (AvgIpc) is 2.73. The molecule has 2 aromatic heterocycles. The van der Waals surface area contributed by atoms with Crippen LogP contribution in [0.1, 0.15) is 6.92 Å². The van der Waals surface area contributed by atoms with Crippen molar-refractivity contribution in [2.75, 3.05) is 44.5 Å². The number of nitrogen functional groups attached to an aromatic ring is 1. The first-order chi connectivity index (χ1) is 14.4. The number of aromatic nitrogens is 3. The minimum absolute atomic E-state index is 0.0579. The Morgan fingerprint density at radius 1 is 1.13 bits per heavy atom. The van der Waals surface area contributed by atoms with Gasteiger partial charge in [-0.15, -0.1) is 0 Å². The topological polar surface area (TPSA) is 95.6 Å². The van der Waals surface area contributed by atoms with Crippen LogP contribution < -0.4 is 20.1 Å². The van der Waals surface area contributed by atoms with E-state index in [0.717, 1.165) is 5.39 Å². The molecule has 0 bridgehead atoms. The number of nitrogens with zero attached hydrogens (tertiary/aromatic N) is 4. The number of morpholine rings is 1. The molecule has 1 fully saturated rings. The highest BCUT2D eigenvalue weighted by Gasteiger charge is 2.25. The number of anilines is 2. The zero-order chi connectivity index (χ0) is 21.4. The molecule has 1 aliphatic rings. The van der Waals surface area contributed by atoms with Gasteiger partial charge in [0.2, 0.25) is 5.95 Å². The first-order valence-electron chi connectivity index (χ1n) is 9.33. The number of hydrogen-bond acceptors (Lipinski definition) is 8. The van der Waals surface area contributed by atoms with E-state index in [1.165, 1.54) is 14.2 Å². The zero-order valence-corrected chi connectivity index (χ0v) is 18.3. The van der Waals surface area contributed by atoms with Crippen molar-refractivity contribution in [2.45, 2.75) is 13.0 Å². The summed E-state index contributed by atoms with van der Waals surface area (Å²) < 4.78 is 16.5. The third kappa shape index (κ3) is 3.66. The predicted octanol–water partition coefficient (Wildman–Crippen LogP) is 3.82. The summed E-state index contributed by atoms with van der Waals surface area (Å²) in [6, 6.07) is 3.47. The number of nitrogens with two attached hydrogens (primary N) is 1. The Labute approximate surface area is 183 Å². The van der Waals surface area contributed by atoms with E-state index in [-0.39, 0.29) is 12.1 Å². The number of hydrogen-bond donors (Lipinski definition) is 1. The normalized spacial score (nSPS) is 16.7. The second-order valence-electron chi connectivity index (χ2n) is 6.91. The first kappa shape index (κ1) is 20.7. The Hall–Kier alpha value is -2.55. The van der Waals surface area contributed by atoms with E-state index in [1.807, 2.05) is 13.0 Å². The van der Waals surface area contributed by atoms with Gasteiger partial charge in [0.25, 0.3) is 0 Å². The smallest absolute Gasteiger partial charge is 0.220 e. The highest BCUT2D eigenvalue weighted by Crippen LogP contribution is 2.46.